The largest absolute Gasteiger partial charge is 0.449 e. The second-order valence-electron chi connectivity index (χ2n) is 5.62. The highest BCUT2D eigenvalue weighted by atomic mass is 28.3. The summed E-state index contributed by atoms with van der Waals surface area (Å²) in [6.45, 7) is 10.8. The molecule has 1 aliphatic heterocycles. The molecular formula is C13H21NO3Si. The summed E-state index contributed by atoms with van der Waals surface area (Å²) >= 11 is 0. The maximum absolute atomic E-state index is 11.9. The van der Waals surface area contributed by atoms with E-state index in [1.807, 2.05) is 0 Å². The summed E-state index contributed by atoms with van der Waals surface area (Å²) in [5.41, 5.74) is 0. The summed E-state index contributed by atoms with van der Waals surface area (Å²) in [7, 11) is -1.20. The predicted molar refractivity (Wildman–Crippen MR) is 74.1 cm³/mol. The average Bonchev–Trinajstić information content (AvgIpc) is 2.26. The van der Waals surface area contributed by atoms with Gasteiger partial charge in [0.15, 0.2) is 5.78 Å². The average molecular weight is 267 g/mol. The Morgan fingerprint density at radius 1 is 1.61 bits per heavy atom. The quantitative estimate of drug-likeness (QED) is 0.581. The maximum Gasteiger partial charge on any atom is 0.414 e. The Kier molecular flexibility index (Phi) is 4.90. The SMILES string of the molecule is C=CC1CC(=O)C=CN1C(=O)OCC[Si](C)(C)C. The highest BCUT2D eigenvalue weighted by Crippen LogP contribution is 2.15. The fourth-order valence-electron chi connectivity index (χ4n) is 1.56. The van der Waals surface area contributed by atoms with E-state index in [0.29, 0.717) is 6.61 Å². The zero-order chi connectivity index (χ0) is 13.8. The topological polar surface area (TPSA) is 46.6 Å². The molecular weight excluding hydrogens is 246 g/mol. The van der Waals surface area contributed by atoms with E-state index in [0.717, 1.165) is 6.04 Å². The smallest absolute Gasteiger partial charge is 0.414 e. The lowest BCUT2D eigenvalue weighted by Crippen LogP contribution is -2.39. The Bertz CT molecular complexity index is 371. The van der Waals surface area contributed by atoms with Gasteiger partial charge in [0.05, 0.1) is 12.6 Å². The minimum absolute atomic E-state index is 0.00560. The van der Waals surface area contributed by atoms with E-state index in [-0.39, 0.29) is 18.2 Å². The predicted octanol–water partition coefficient (Wildman–Crippen LogP) is 2.80. The second kappa shape index (κ2) is 6.00. The van der Waals surface area contributed by atoms with Crippen molar-refractivity contribution in [1.29, 1.82) is 0 Å². The van der Waals surface area contributed by atoms with Gasteiger partial charge < -0.3 is 4.74 Å². The molecule has 5 heteroatoms. The van der Waals surface area contributed by atoms with E-state index >= 15 is 0 Å². The first-order valence-corrected chi connectivity index (χ1v) is 9.83. The van der Waals surface area contributed by atoms with Crippen LogP contribution in [0, 0.1) is 0 Å². The van der Waals surface area contributed by atoms with Gasteiger partial charge in [0.25, 0.3) is 0 Å². The first-order valence-electron chi connectivity index (χ1n) is 6.12. The van der Waals surface area contributed by atoms with E-state index < -0.39 is 14.2 Å². The number of ketones is 1. The van der Waals surface area contributed by atoms with Gasteiger partial charge in [-0.05, 0) is 12.1 Å². The van der Waals surface area contributed by atoms with Crippen LogP contribution in [0.2, 0.25) is 25.7 Å². The molecule has 1 heterocycles. The molecule has 0 saturated heterocycles. The van der Waals surface area contributed by atoms with E-state index in [1.165, 1.54) is 17.2 Å². The van der Waals surface area contributed by atoms with Gasteiger partial charge in [-0.15, -0.1) is 6.58 Å². The molecule has 4 nitrogen and oxygen atoms in total. The first kappa shape index (κ1) is 14.7. The third kappa shape index (κ3) is 4.48. The minimum Gasteiger partial charge on any atom is -0.449 e. The van der Waals surface area contributed by atoms with Crippen molar-refractivity contribution in [2.75, 3.05) is 6.61 Å². The molecule has 0 aliphatic carbocycles. The van der Waals surface area contributed by atoms with Crippen LogP contribution in [-0.4, -0.2) is 37.5 Å². The lowest BCUT2D eigenvalue weighted by atomic mass is 10.1. The molecule has 1 aliphatic rings. The van der Waals surface area contributed by atoms with Gasteiger partial charge in [0.1, 0.15) is 0 Å². The fourth-order valence-corrected chi connectivity index (χ4v) is 2.27. The van der Waals surface area contributed by atoms with Crippen molar-refractivity contribution in [2.45, 2.75) is 38.1 Å². The number of hydrogen-bond acceptors (Lipinski definition) is 3. The van der Waals surface area contributed by atoms with Crippen molar-refractivity contribution < 1.29 is 14.3 Å². The lowest BCUT2D eigenvalue weighted by molar-refractivity contribution is -0.115. The Morgan fingerprint density at radius 2 is 2.28 bits per heavy atom. The van der Waals surface area contributed by atoms with Crippen LogP contribution in [0.25, 0.3) is 0 Å². The van der Waals surface area contributed by atoms with E-state index in [2.05, 4.69) is 26.2 Å². The van der Waals surface area contributed by atoms with Crippen LogP contribution in [0.4, 0.5) is 4.79 Å². The van der Waals surface area contributed by atoms with Gasteiger partial charge in [0, 0.05) is 20.7 Å². The van der Waals surface area contributed by atoms with Crippen molar-refractivity contribution in [3.8, 4) is 0 Å². The van der Waals surface area contributed by atoms with Crippen LogP contribution in [-0.2, 0) is 9.53 Å². The molecule has 0 bridgehead atoms. The van der Waals surface area contributed by atoms with Crippen molar-refractivity contribution in [2.24, 2.45) is 0 Å². The number of nitrogens with zero attached hydrogens (tertiary/aromatic N) is 1. The highest BCUT2D eigenvalue weighted by Gasteiger charge is 2.26. The number of carbonyl (C=O) groups is 2. The van der Waals surface area contributed by atoms with Gasteiger partial charge in [-0.1, -0.05) is 25.7 Å². The lowest BCUT2D eigenvalue weighted by Gasteiger charge is -2.28. The molecule has 0 radical (unpaired) electrons. The molecule has 0 N–H and O–H groups in total. The van der Waals surface area contributed by atoms with Crippen LogP contribution in [0.15, 0.2) is 24.9 Å². The normalized spacial score (nSPS) is 19.8. The van der Waals surface area contributed by atoms with Crippen LogP contribution < -0.4 is 0 Å². The molecule has 100 valence electrons. The zero-order valence-corrected chi connectivity index (χ0v) is 12.3. The zero-order valence-electron chi connectivity index (χ0n) is 11.3. The standard InChI is InChI=1S/C13H21NO3Si/c1-5-11-10-12(15)6-7-14(11)13(16)17-8-9-18(2,3)4/h5-7,11H,1,8-10H2,2-4H3. The highest BCUT2D eigenvalue weighted by molar-refractivity contribution is 6.76. The molecule has 0 aromatic rings. The van der Waals surface area contributed by atoms with Gasteiger partial charge in [-0.2, -0.15) is 0 Å². The summed E-state index contributed by atoms with van der Waals surface area (Å²) in [5, 5.41) is 0. The second-order valence-corrected chi connectivity index (χ2v) is 11.2. The van der Waals surface area contributed by atoms with Crippen molar-refractivity contribution in [3.63, 3.8) is 0 Å². The Labute approximate surface area is 109 Å². The molecule has 18 heavy (non-hydrogen) atoms. The summed E-state index contributed by atoms with van der Waals surface area (Å²) in [6, 6.07) is 0.649. The van der Waals surface area contributed by atoms with Crippen molar-refractivity contribution in [3.05, 3.63) is 24.9 Å². The van der Waals surface area contributed by atoms with Crippen molar-refractivity contribution in [1.82, 2.24) is 4.90 Å². The third-order valence-corrected chi connectivity index (χ3v) is 4.45. The summed E-state index contributed by atoms with van der Waals surface area (Å²) < 4.78 is 5.24. The van der Waals surface area contributed by atoms with Crippen molar-refractivity contribution >= 4 is 20.0 Å². The summed E-state index contributed by atoms with van der Waals surface area (Å²) in [4.78, 5) is 24.5. The Morgan fingerprint density at radius 3 is 2.83 bits per heavy atom. The van der Waals surface area contributed by atoms with E-state index in [9.17, 15) is 9.59 Å². The molecule has 1 atom stereocenters. The molecule has 0 saturated carbocycles. The fraction of sp³-hybridized carbons (Fsp3) is 0.538. The maximum atomic E-state index is 11.9. The number of rotatable bonds is 4. The third-order valence-electron chi connectivity index (χ3n) is 2.75. The van der Waals surface area contributed by atoms with E-state index in [4.69, 9.17) is 4.74 Å². The molecule has 1 amide bonds. The molecule has 0 aromatic heterocycles. The van der Waals surface area contributed by atoms with Gasteiger partial charge in [-0.3, -0.25) is 9.69 Å². The number of hydrogen-bond donors (Lipinski definition) is 0. The monoisotopic (exact) mass is 267 g/mol. The van der Waals surface area contributed by atoms with Crippen LogP contribution >= 0.6 is 0 Å². The summed E-state index contributed by atoms with van der Waals surface area (Å²) in [6.07, 6.45) is 4.36. The number of amides is 1. The molecule has 0 spiro atoms. The van der Waals surface area contributed by atoms with E-state index in [1.54, 1.807) is 6.08 Å². The van der Waals surface area contributed by atoms with Crippen LogP contribution in [0.3, 0.4) is 0 Å². The number of ether oxygens (including phenoxy) is 1. The Hall–Kier alpha value is -1.36. The first-order chi connectivity index (χ1) is 8.33. The van der Waals surface area contributed by atoms with Crippen LogP contribution in [0.1, 0.15) is 6.42 Å². The molecule has 0 aromatic carbocycles. The van der Waals surface area contributed by atoms with Crippen LogP contribution in [0.5, 0.6) is 0 Å². The number of allylic oxidation sites excluding steroid dienone is 1. The summed E-state index contributed by atoms with van der Waals surface area (Å²) in [5.74, 6) is 0.00560. The van der Waals surface area contributed by atoms with Gasteiger partial charge in [0.2, 0.25) is 0 Å². The molecule has 0 fully saturated rings. The van der Waals surface area contributed by atoms with Gasteiger partial charge in [-0.25, -0.2) is 4.79 Å². The molecule has 1 rings (SSSR count). The Balaban J connectivity index is 2.52. The molecule has 1 unspecified atom stereocenters. The minimum atomic E-state index is -1.20. The number of carbonyl (C=O) groups excluding carboxylic acids is 2. The van der Waals surface area contributed by atoms with Gasteiger partial charge >= 0.3 is 6.09 Å².